The van der Waals surface area contributed by atoms with Gasteiger partial charge in [0.05, 0.1) is 0 Å². The fourth-order valence-corrected chi connectivity index (χ4v) is 2.84. The Labute approximate surface area is 92.9 Å². The zero-order valence-electron chi connectivity index (χ0n) is 7.38. The first-order chi connectivity index (χ1) is 5.43. The van der Waals surface area contributed by atoms with Crippen LogP contribution in [-0.2, 0) is 26.5 Å². The maximum atomic E-state index is 5.62. The molecule has 0 aromatic heterocycles. The van der Waals surface area contributed by atoms with E-state index < -0.39 is 23.7 Å². The largest absolute Gasteiger partial charge is 0.147 e. The predicted octanol–water partition coefficient (Wildman–Crippen LogP) is 3.07. The number of hydrogen-bond acceptors (Lipinski definition) is 1. The summed E-state index contributed by atoms with van der Waals surface area (Å²) in [5.41, 5.74) is 0. The van der Waals surface area contributed by atoms with Gasteiger partial charge in [0.1, 0.15) is 0 Å². The Kier molecular flexibility index (Phi) is 8.64. The molecule has 1 aliphatic rings. The van der Waals surface area contributed by atoms with Crippen LogP contribution in [0.5, 0.6) is 0 Å². The molecule has 0 aromatic carbocycles. The molecular formula is C9H15ClOZr. The molecule has 0 bridgehead atoms. The van der Waals surface area contributed by atoms with Gasteiger partial charge in [-0.15, -0.1) is 12.4 Å². The Morgan fingerprint density at radius 2 is 2.42 bits per heavy atom. The van der Waals surface area contributed by atoms with E-state index in [2.05, 4.69) is 25.2 Å². The third-order valence-electron chi connectivity index (χ3n) is 1.57. The van der Waals surface area contributed by atoms with E-state index in [4.69, 9.17) is 2.81 Å². The summed E-state index contributed by atoms with van der Waals surface area (Å²) >= 11 is -0.594. The quantitative estimate of drug-likeness (QED) is 0.695. The summed E-state index contributed by atoms with van der Waals surface area (Å²) in [6.45, 7) is 3.19. The van der Waals surface area contributed by atoms with Crippen molar-refractivity contribution < 1.29 is 26.5 Å². The molecule has 12 heavy (non-hydrogen) atoms. The van der Waals surface area contributed by atoms with Crippen LogP contribution in [-0.4, -0.2) is 6.61 Å². The predicted molar refractivity (Wildman–Crippen MR) is 49.9 cm³/mol. The molecule has 0 aliphatic heterocycles. The van der Waals surface area contributed by atoms with Gasteiger partial charge < -0.3 is 0 Å². The molecule has 3 heteroatoms. The van der Waals surface area contributed by atoms with Crippen molar-refractivity contribution in [3.8, 4) is 0 Å². The van der Waals surface area contributed by atoms with E-state index in [1.165, 1.54) is 12.8 Å². The van der Waals surface area contributed by atoms with Gasteiger partial charge in [0.2, 0.25) is 0 Å². The molecule has 0 atom stereocenters. The first kappa shape index (κ1) is 12.6. The summed E-state index contributed by atoms with van der Waals surface area (Å²) in [4.78, 5) is 0. The van der Waals surface area contributed by atoms with Gasteiger partial charge in [-0.05, 0) is 0 Å². The molecule has 0 unspecified atom stereocenters. The van der Waals surface area contributed by atoms with Gasteiger partial charge in [0, 0.05) is 0 Å². The van der Waals surface area contributed by atoms with E-state index in [1.54, 1.807) is 3.28 Å². The van der Waals surface area contributed by atoms with Crippen LogP contribution in [0.2, 0.25) is 0 Å². The van der Waals surface area contributed by atoms with Crippen molar-refractivity contribution in [2.24, 2.45) is 0 Å². The van der Waals surface area contributed by atoms with Gasteiger partial charge >= 0.3 is 80.8 Å². The molecular weight excluding hydrogens is 251 g/mol. The summed E-state index contributed by atoms with van der Waals surface area (Å²) in [5, 5.41) is 0. The molecule has 0 N–H and O–H groups in total. The maximum Gasteiger partial charge on any atom is -0.147 e. The van der Waals surface area contributed by atoms with E-state index >= 15 is 0 Å². The molecule has 0 amide bonds. The van der Waals surface area contributed by atoms with Gasteiger partial charge in [-0.1, -0.05) is 0 Å². The second kappa shape index (κ2) is 8.22. The Morgan fingerprint density at radius 3 is 3.00 bits per heavy atom. The number of allylic oxidation sites excluding steroid dienone is 4. The normalized spacial score (nSPS) is 13.9. The fraction of sp³-hybridized carbons (Fsp3) is 0.556. The van der Waals surface area contributed by atoms with Crippen LogP contribution in [0.1, 0.15) is 26.2 Å². The Bertz CT molecular complexity index is 166. The summed E-state index contributed by atoms with van der Waals surface area (Å²) in [6.07, 6.45) is 10.2. The molecule has 1 nitrogen and oxygen atoms in total. The number of rotatable bonds is 5. The SMILES string of the molecule is CCCC[O][Zr][C]1=CC=CC1.Cl. The third-order valence-corrected chi connectivity index (χ3v) is 3.99. The van der Waals surface area contributed by atoms with Crippen LogP contribution in [0, 0.1) is 0 Å². The van der Waals surface area contributed by atoms with Crippen LogP contribution in [0.25, 0.3) is 0 Å². The van der Waals surface area contributed by atoms with Gasteiger partial charge in [0.15, 0.2) is 0 Å². The van der Waals surface area contributed by atoms with Crippen LogP contribution in [0.3, 0.4) is 0 Å². The van der Waals surface area contributed by atoms with Crippen LogP contribution < -0.4 is 0 Å². The van der Waals surface area contributed by atoms with E-state index in [9.17, 15) is 0 Å². The monoisotopic (exact) mass is 264 g/mol. The standard InChI is InChI=1S/C5H5.C4H9O.ClH.Zr/c1-2-4-5-3-1;1-2-3-4-5;;/h1-3H,4H2;2-4H2,1H3;1H;/q;-1;;+1. The minimum Gasteiger partial charge on any atom is -0.147 e. The Morgan fingerprint density at radius 1 is 1.58 bits per heavy atom. The van der Waals surface area contributed by atoms with E-state index in [1.807, 2.05) is 0 Å². The molecule has 0 heterocycles. The van der Waals surface area contributed by atoms with Crippen molar-refractivity contribution in [2.75, 3.05) is 6.61 Å². The molecule has 0 radical (unpaired) electrons. The summed E-state index contributed by atoms with van der Waals surface area (Å²) in [6, 6.07) is 0. The maximum absolute atomic E-state index is 5.62. The molecule has 0 spiro atoms. The van der Waals surface area contributed by atoms with Crippen molar-refractivity contribution in [2.45, 2.75) is 26.2 Å². The average molecular weight is 266 g/mol. The van der Waals surface area contributed by atoms with Gasteiger partial charge in [0.25, 0.3) is 0 Å². The number of halogens is 1. The smallest absolute Gasteiger partial charge is 0.147 e. The van der Waals surface area contributed by atoms with Crippen LogP contribution >= 0.6 is 12.4 Å². The summed E-state index contributed by atoms with van der Waals surface area (Å²) in [5.74, 6) is 0. The van der Waals surface area contributed by atoms with Gasteiger partial charge in [-0.3, -0.25) is 0 Å². The van der Waals surface area contributed by atoms with Crippen LogP contribution in [0.15, 0.2) is 21.5 Å². The van der Waals surface area contributed by atoms with Crippen molar-refractivity contribution >= 4 is 12.4 Å². The van der Waals surface area contributed by atoms with Gasteiger partial charge in [-0.25, -0.2) is 0 Å². The zero-order valence-corrected chi connectivity index (χ0v) is 10.7. The van der Waals surface area contributed by atoms with E-state index in [-0.39, 0.29) is 12.4 Å². The molecule has 1 rings (SSSR count). The summed E-state index contributed by atoms with van der Waals surface area (Å²) < 4.78 is 7.19. The van der Waals surface area contributed by atoms with Crippen molar-refractivity contribution in [3.05, 3.63) is 21.5 Å². The average Bonchev–Trinajstić information content (AvgIpc) is 2.50. The summed E-state index contributed by atoms with van der Waals surface area (Å²) in [7, 11) is 0. The first-order valence-corrected chi connectivity index (χ1v) is 6.40. The molecule has 0 saturated carbocycles. The van der Waals surface area contributed by atoms with Crippen molar-refractivity contribution in [3.63, 3.8) is 0 Å². The molecule has 68 valence electrons. The molecule has 1 aliphatic carbocycles. The van der Waals surface area contributed by atoms with E-state index in [0.29, 0.717) is 0 Å². The zero-order chi connectivity index (χ0) is 7.94. The molecule has 0 fully saturated rings. The first-order valence-electron chi connectivity index (χ1n) is 4.17. The Balaban J connectivity index is 0.00000121. The second-order valence-corrected chi connectivity index (χ2v) is 5.42. The Hall–Kier alpha value is 0.613. The second-order valence-electron chi connectivity index (χ2n) is 2.63. The number of hydrogen-bond donors (Lipinski definition) is 0. The molecule has 0 aromatic rings. The number of unbranched alkanes of at least 4 members (excludes halogenated alkanes) is 1. The minimum absolute atomic E-state index is 0. The molecule has 0 saturated heterocycles. The van der Waals surface area contributed by atoms with Crippen LogP contribution in [0.4, 0.5) is 0 Å². The van der Waals surface area contributed by atoms with Crippen molar-refractivity contribution in [1.29, 1.82) is 0 Å². The topological polar surface area (TPSA) is 9.23 Å². The van der Waals surface area contributed by atoms with Crippen molar-refractivity contribution in [1.82, 2.24) is 0 Å². The van der Waals surface area contributed by atoms with E-state index in [0.717, 1.165) is 13.0 Å². The minimum atomic E-state index is -0.594. The third kappa shape index (κ3) is 5.29. The fourth-order valence-electron chi connectivity index (χ4n) is 0.883. The van der Waals surface area contributed by atoms with Gasteiger partial charge in [-0.2, -0.15) is 0 Å².